The second-order valence-corrected chi connectivity index (χ2v) is 6.75. The largest absolute Gasteiger partial charge is 0.508 e. The van der Waals surface area contributed by atoms with Crippen molar-refractivity contribution in [1.29, 1.82) is 0 Å². The van der Waals surface area contributed by atoms with Gasteiger partial charge < -0.3 is 9.84 Å². The molecule has 0 spiro atoms. The number of carbonyl (C=O) groups excluding carboxylic acids is 1. The third-order valence-electron chi connectivity index (χ3n) is 4.68. The first-order chi connectivity index (χ1) is 14.3. The molecule has 1 heterocycles. The fraction of sp³-hybridized carbons (Fsp3) is 0.136. The molecular formula is C22H15F3N2O3. The quantitative estimate of drug-likeness (QED) is 0.561. The molecule has 0 aliphatic carbocycles. The van der Waals surface area contributed by atoms with Gasteiger partial charge in [-0.1, -0.05) is 60.7 Å². The van der Waals surface area contributed by atoms with E-state index in [9.17, 15) is 23.1 Å². The summed E-state index contributed by atoms with van der Waals surface area (Å²) < 4.78 is 45.6. The van der Waals surface area contributed by atoms with Gasteiger partial charge in [-0.2, -0.15) is 13.2 Å². The van der Waals surface area contributed by atoms with Gasteiger partial charge in [-0.15, -0.1) is 10.2 Å². The number of nitrogens with zero attached hydrogens (tertiary/aromatic N) is 2. The van der Waals surface area contributed by atoms with Gasteiger partial charge in [0.15, 0.2) is 6.10 Å². The lowest BCUT2D eigenvalue weighted by Gasteiger charge is -2.20. The van der Waals surface area contributed by atoms with Crippen molar-refractivity contribution in [2.75, 3.05) is 0 Å². The number of phenols is 1. The minimum Gasteiger partial charge on any atom is -0.508 e. The highest BCUT2D eigenvalue weighted by molar-refractivity contribution is 5.90. The minimum absolute atomic E-state index is 0.234. The summed E-state index contributed by atoms with van der Waals surface area (Å²) in [7, 11) is 0. The summed E-state index contributed by atoms with van der Waals surface area (Å²) >= 11 is 0. The predicted molar refractivity (Wildman–Crippen MR) is 101 cm³/mol. The zero-order chi connectivity index (χ0) is 21.4. The Hall–Kier alpha value is -3.68. The highest BCUT2D eigenvalue weighted by Crippen LogP contribution is 2.53. The van der Waals surface area contributed by atoms with Gasteiger partial charge in [-0.3, -0.25) is 0 Å². The minimum atomic E-state index is -4.78. The number of hydrogen-bond acceptors (Lipinski definition) is 5. The summed E-state index contributed by atoms with van der Waals surface area (Å²) in [6.07, 6.45) is -5.56. The molecule has 3 aromatic carbocycles. The van der Waals surface area contributed by atoms with Gasteiger partial charge in [0.2, 0.25) is 0 Å². The normalized spacial score (nSPS) is 14.5. The topological polar surface area (TPSA) is 71.2 Å². The van der Waals surface area contributed by atoms with Crippen LogP contribution < -0.4 is 0 Å². The van der Waals surface area contributed by atoms with Crippen molar-refractivity contribution < 1.29 is 27.8 Å². The Kier molecular flexibility index (Phi) is 4.77. The fourth-order valence-electron chi connectivity index (χ4n) is 3.13. The van der Waals surface area contributed by atoms with E-state index in [1.807, 2.05) is 12.1 Å². The summed E-state index contributed by atoms with van der Waals surface area (Å²) in [4.78, 5) is 12.8. The molecule has 0 radical (unpaired) electrons. The molecule has 0 bridgehead atoms. The standard InChI is InChI=1S/C22H15F3N2O3/c23-22(24,25)21(26-27-21)17-11-16(12-18(28)13-17)20(29)30-19(14-7-3-1-4-8-14)15-9-5-2-6-10-15/h1-13,19,28H. The van der Waals surface area contributed by atoms with Crippen molar-refractivity contribution in [3.05, 3.63) is 101 Å². The van der Waals surface area contributed by atoms with Crippen molar-refractivity contribution in [2.45, 2.75) is 17.9 Å². The first-order valence-corrected chi connectivity index (χ1v) is 8.96. The van der Waals surface area contributed by atoms with Gasteiger partial charge in [0.25, 0.3) is 0 Å². The maximum atomic E-state index is 13.3. The maximum absolute atomic E-state index is 13.3. The van der Waals surface area contributed by atoms with E-state index in [1.54, 1.807) is 48.5 Å². The molecule has 0 aromatic heterocycles. The van der Waals surface area contributed by atoms with Crippen molar-refractivity contribution in [1.82, 2.24) is 0 Å². The van der Waals surface area contributed by atoms with E-state index >= 15 is 0 Å². The molecule has 30 heavy (non-hydrogen) atoms. The van der Waals surface area contributed by atoms with E-state index in [0.29, 0.717) is 11.1 Å². The third kappa shape index (κ3) is 3.63. The molecular weight excluding hydrogens is 397 g/mol. The Morgan fingerprint density at radius 1 is 0.900 bits per heavy atom. The van der Waals surface area contributed by atoms with Crippen LogP contribution in [0.25, 0.3) is 0 Å². The lowest BCUT2D eigenvalue weighted by molar-refractivity contribution is -0.166. The number of phenolic OH excluding ortho intramolecular Hbond substituents is 1. The number of carbonyl (C=O) groups is 1. The van der Waals surface area contributed by atoms with E-state index < -0.39 is 35.2 Å². The molecule has 3 aromatic rings. The van der Waals surface area contributed by atoms with E-state index in [4.69, 9.17) is 4.74 Å². The Morgan fingerprint density at radius 2 is 1.43 bits per heavy atom. The molecule has 1 aliphatic rings. The summed E-state index contributed by atoms with van der Waals surface area (Å²) in [5.41, 5.74) is -2.05. The van der Waals surface area contributed by atoms with Crippen LogP contribution in [0.4, 0.5) is 13.2 Å². The first-order valence-electron chi connectivity index (χ1n) is 8.96. The van der Waals surface area contributed by atoms with Crippen LogP contribution in [0.2, 0.25) is 0 Å². The number of alkyl halides is 3. The average molecular weight is 412 g/mol. The number of hydrogen-bond donors (Lipinski definition) is 1. The second kappa shape index (κ2) is 7.29. The fourth-order valence-corrected chi connectivity index (χ4v) is 3.13. The van der Waals surface area contributed by atoms with Gasteiger partial charge in [-0.25, -0.2) is 4.79 Å². The SMILES string of the molecule is O=C(OC(c1ccccc1)c1ccccc1)c1cc(O)cc(C2(C(F)(F)F)N=N2)c1. The van der Waals surface area contributed by atoms with Crippen LogP contribution in [-0.4, -0.2) is 17.3 Å². The molecule has 0 saturated carbocycles. The number of halogens is 3. The lowest BCUT2D eigenvalue weighted by Crippen LogP contribution is -2.30. The van der Waals surface area contributed by atoms with Gasteiger partial charge in [-0.05, 0) is 29.3 Å². The van der Waals surface area contributed by atoms with Crippen LogP contribution in [0, 0.1) is 0 Å². The maximum Gasteiger partial charge on any atom is 0.442 e. The van der Waals surface area contributed by atoms with Gasteiger partial charge in [0.1, 0.15) is 5.75 Å². The Labute approximate surface area is 169 Å². The highest BCUT2D eigenvalue weighted by atomic mass is 19.4. The van der Waals surface area contributed by atoms with Crippen molar-refractivity contribution in [3.8, 4) is 5.75 Å². The van der Waals surface area contributed by atoms with Crippen LogP contribution in [0.15, 0.2) is 89.1 Å². The van der Waals surface area contributed by atoms with Gasteiger partial charge in [0, 0.05) is 5.56 Å². The van der Waals surface area contributed by atoms with Crippen LogP contribution in [0.3, 0.4) is 0 Å². The summed E-state index contributed by atoms with van der Waals surface area (Å²) in [5, 5.41) is 16.1. The van der Waals surface area contributed by atoms with Crippen molar-refractivity contribution >= 4 is 5.97 Å². The van der Waals surface area contributed by atoms with Crippen LogP contribution in [-0.2, 0) is 10.4 Å². The van der Waals surface area contributed by atoms with E-state index in [0.717, 1.165) is 18.2 Å². The number of rotatable bonds is 5. The average Bonchev–Trinajstić information content (AvgIpc) is 3.55. The second-order valence-electron chi connectivity index (χ2n) is 6.75. The summed E-state index contributed by atoms with van der Waals surface area (Å²) in [6.45, 7) is 0. The lowest BCUT2D eigenvalue weighted by atomic mass is 9.99. The zero-order valence-electron chi connectivity index (χ0n) is 15.4. The van der Waals surface area contributed by atoms with E-state index in [2.05, 4.69) is 10.2 Å². The molecule has 0 unspecified atom stereocenters. The predicted octanol–water partition coefficient (Wildman–Crippen LogP) is 5.52. The van der Waals surface area contributed by atoms with Crippen LogP contribution >= 0.6 is 0 Å². The van der Waals surface area contributed by atoms with Gasteiger partial charge in [0.05, 0.1) is 5.56 Å². The molecule has 1 aliphatic heterocycles. The van der Waals surface area contributed by atoms with Crippen molar-refractivity contribution in [2.24, 2.45) is 10.2 Å². The van der Waals surface area contributed by atoms with E-state index in [1.165, 1.54) is 0 Å². The zero-order valence-corrected chi connectivity index (χ0v) is 15.4. The smallest absolute Gasteiger partial charge is 0.442 e. The molecule has 5 nitrogen and oxygen atoms in total. The summed E-state index contributed by atoms with van der Waals surface area (Å²) in [6, 6.07) is 20.8. The monoisotopic (exact) mass is 412 g/mol. The first kappa shape index (κ1) is 19.6. The van der Waals surface area contributed by atoms with Crippen molar-refractivity contribution in [3.63, 3.8) is 0 Å². The third-order valence-corrected chi connectivity index (χ3v) is 4.68. The molecule has 152 valence electrons. The molecule has 0 fully saturated rings. The molecule has 1 N–H and O–H groups in total. The van der Waals surface area contributed by atoms with Crippen LogP contribution in [0.5, 0.6) is 5.75 Å². The molecule has 4 rings (SSSR count). The number of aromatic hydroxyl groups is 1. The Balaban J connectivity index is 1.67. The Bertz CT molecular complexity index is 1050. The number of benzene rings is 3. The number of esters is 1. The summed E-state index contributed by atoms with van der Waals surface area (Å²) in [5.74, 6) is -1.40. The molecule has 0 amide bonds. The molecule has 8 heteroatoms. The molecule has 0 saturated heterocycles. The van der Waals surface area contributed by atoms with Crippen LogP contribution in [0.1, 0.15) is 33.2 Å². The van der Waals surface area contributed by atoms with E-state index in [-0.39, 0.29) is 5.56 Å². The highest BCUT2D eigenvalue weighted by Gasteiger charge is 2.65. The Morgan fingerprint density at radius 3 is 1.90 bits per heavy atom. The number of ether oxygens (including phenoxy) is 1. The molecule has 0 atom stereocenters. The van der Waals surface area contributed by atoms with Gasteiger partial charge >= 0.3 is 17.8 Å².